The van der Waals surface area contributed by atoms with Gasteiger partial charge in [-0.25, -0.2) is 4.39 Å². The zero-order valence-electron chi connectivity index (χ0n) is 14.4. The molecule has 2 aromatic rings. The Kier molecular flexibility index (Phi) is 5.75. The van der Waals surface area contributed by atoms with Gasteiger partial charge in [-0.2, -0.15) is 4.98 Å². The predicted octanol–water partition coefficient (Wildman–Crippen LogP) is 2.41. The van der Waals surface area contributed by atoms with Gasteiger partial charge in [-0.05, 0) is 49.8 Å². The number of benzene rings is 1. The lowest BCUT2D eigenvalue weighted by Gasteiger charge is -2.31. The molecule has 0 spiro atoms. The first-order chi connectivity index (χ1) is 12.2. The highest BCUT2D eigenvalue weighted by Gasteiger charge is 2.22. The second kappa shape index (κ2) is 8.20. The summed E-state index contributed by atoms with van der Waals surface area (Å²) in [6.45, 7) is 2.47. The van der Waals surface area contributed by atoms with Crippen molar-refractivity contribution in [3.63, 3.8) is 0 Å². The van der Waals surface area contributed by atoms with Gasteiger partial charge in [-0.1, -0.05) is 23.4 Å². The first kappa shape index (κ1) is 17.5. The molecule has 1 amide bonds. The molecule has 1 aromatic carbocycles. The molecule has 2 heterocycles. The Morgan fingerprint density at radius 2 is 2.28 bits per heavy atom. The van der Waals surface area contributed by atoms with E-state index >= 15 is 0 Å². The second-order valence-electron chi connectivity index (χ2n) is 6.47. The fourth-order valence-electron chi connectivity index (χ4n) is 3.31. The van der Waals surface area contributed by atoms with Crippen molar-refractivity contribution in [3.8, 4) is 0 Å². The second-order valence-corrected chi connectivity index (χ2v) is 6.47. The molecule has 0 radical (unpaired) electrons. The number of aromatic nitrogens is 2. The number of hydrogen-bond donors (Lipinski definition) is 1. The maximum atomic E-state index is 13.7. The molecular weight excluding hydrogens is 323 g/mol. The number of amides is 1. The van der Waals surface area contributed by atoms with Crippen LogP contribution in [0.1, 0.15) is 41.3 Å². The number of piperidine rings is 1. The van der Waals surface area contributed by atoms with Crippen LogP contribution < -0.4 is 5.32 Å². The van der Waals surface area contributed by atoms with Crippen LogP contribution in [0.2, 0.25) is 0 Å². The van der Waals surface area contributed by atoms with E-state index in [2.05, 4.69) is 20.4 Å². The number of likely N-dealkylation sites (tertiary alicyclic amines) is 1. The highest BCUT2D eigenvalue weighted by molar-refractivity contribution is 5.89. The van der Waals surface area contributed by atoms with Crippen LogP contribution in [-0.4, -0.2) is 41.1 Å². The Labute approximate surface area is 146 Å². The zero-order chi connectivity index (χ0) is 17.6. The summed E-state index contributed by atoms with van der Waals surface area (Å²) < 4.78 is 18.7. The van der Waals surface area contributed by atoms with Gasteiger partial charge in [0, 0.05) is 13.6 Å². The van der Waals surface area contributed by atoms with E-state index in [4.69, 9.17) is 4.52 Å². The fraction of sp³-hybridized carbons (Fsp3) is 0.500. The van der Waals surface area contributed by atoms with Gasteiger partial charge in [0.1, 0.15) is 5.82 Å². The highest BCUT2D eigenvalue weighted by Crippen LogP contribution is 2.23. The summed E-state index contributed by atoms with van der Waals surface area (Å²) in [6.07, 6.45) is 3.98. The van der Waals surface area contributed by atoms with E-state index in [1.165, 1.54) is 13.1 Å². The zero-order valence-corrected chi connectivity index (χ0v) is 14.4. The summed E-state index contributed by atoms with van der Waals surface area (Å²) >= 11 is 0. The van der Waals surface area contributed by atoms with E-state index in [0.717, 1.165) is 44.3 Å². The molecule has 0 saturated carbocycles. The first-order valence-corrected chi connectivity index (χ1v) is 8.66. The SMILES string of the molecule is CNC(=O)c1nc(CN2CCC[C@@H](CCc3ccccc3F)C2)no1. The number of rotatable bonds is 6. The minimum atomic E-state index is -0.375. The number of carbonyl (C=O) groups excluding carboxylic acids is 1. The Hall–Kier alpha value is -2.28. The number of hydrogen-bond acceptors (Lipinski definition) is 5. The monoisotopic (exact) mass is 346 g/mol. The maximum absolute atomic E-state index is 13.7. The van der Waals surface area contributed by atoms with Crippen molar-refractivity contribution in [2.24, 2.45) is 5.92 Å². The van der Waals surface area contributed by atoms with Gasteiger partial charge < -0.3 is 9.84 Å². The van der Waals surface area contributed by atoms with Crippen LogP contribution in [0.15, 0.2) is 28.8 Å². The smallest absolute Gasteiger partial charge is 0.315 e. The van der Waals surface area contributed by atoms with Crippen LogP contribution in [-0.2, 0) is 13.0 Å². The van der Waals surface area contributed by atoms with Gasteiger partial charge in [0.05, 0.1) is 6.54 Å². The molecule has 3 rings (SSSR count). The van der Waals surface area contributed by atoms with Crippen LogP contribution in [0.3, 0.4) is 0 Å². The minimum Gasteiger partial charge on any atom is -0.351 e. The molecule has 6 nitrogen and oxygen atoms in total. The lowest BCUT2D eigenvalue weighted by Crippen LogP contribution is -2.35. The molecule has 1 N–H and O–H groups in total. The Bertz CT molecular complexity index is 719. The molecule has 1 fully saturated rings. The predicted molar refractivity (Wildman–Crippen MR) is 90.4 cm³/mol. The minimum absolute atomic E-state index is 0.00869. The maximum Gasteiger partial charge on any atom is 0.315 e. The molecule has 0 bridgehead atoms. The van der Waals surface area contributed by atoms with Crippen LogP contribution >= 0.6 is 0 Å². The summed E-state index contributed by atoms with van der Waals surface area (Å²) in [7, 11) is 1.52. The number of nitrogens with zero attached hydrogens (tertiary/aromatic N) is 3. The lowest BCUT2D eigenvalue weighted by molar-refractivity contribution is 0.0919. The van der Waals surface area contributed by atoms with Crippen LogP contribution in [0.4, 0.5) is 4.39 Å². The molecule has 1 atom stereocenters. The molecule has 0 unspecified atom stereocenters. The van der Waals surface area contributed by atoms with Crippen LogP contribution in [0.25, 0.3) is 0 Å². The van der Waals surface area contributed by atoms with E-state index < -0.39 is 0 Å². The molecule has 7 heteroatoms. The number of aryl methyl sites for hydroxylation is 1. The topological polar surface area (TPSA) is 71.3 Å². The van der Waals surface area contributed by atoms with E-state index in [1.807, 2.05) is 12.1 Å². The van der Waals surface area contributed by atoms with E-state index in [0.29, 0.717) is 18.3 Å². The molecular formula is C18H23FN4O2. The average Bonchev–Trinajstić information content (AvgIpc) is 3.09. The van der Waals surface area contributed by atoms with Gasteiger partial charge in [0.25, 0.3) is 0 Å². The van der Waals surface area contributed by atoms with E-state index in [-0.39, 0.29) is 17.6 Å². The summed E-state index contributed by atoms with van der Waals surface area (Å²) in [5, 5.41) is 6.33. The van der Waals surface area contributed by atoms with Gasteiger partial charge in [0.2, 0.25) is 0 Å². The molecule has 134 valence electrons. The Morgan fingerprint density at radius 1 is 1.44 bits per heavy atom. The quantitative estimate of drug-likeness (QED) is 0.870. The van der Waals surface area contributed by atoms with Crippen molar-refractivity contribution in [2.45, 2.75) is 32.2 Å². The normalized spacial score (nSPS) is 18.2. The summed E-state index contributed by atoms with van der Waals surface area (Å²) in [5.41, 5.74) is 0.785. The van der Waals surface area contributed by atoms with Gasteiger partial charge >= 0.3 is 11.8 Å². The van der Waals surface area contributed by atoms with Crippen molar-refractivity contribution in [2.75, 3.05) is 20.1 Å². The summed E-state index contributed by atoms with van der Waals surface area (Å²) in [5.74, 6) is 0.543. The molecule has 1 aliphatic rings. The fourth-order valence-corrected chi connectivity index (χ4v) is 3.31. The number of nitrogens with one attached hydrogen (secondary N) is 1. The van der Waals surface area contributed by atoms with Crippen molar-refractivity contribution in [3.05, 3.63) is 47.4 Å². The number of carbonyl (C=O) groups is 1. The third kappa shape index (κ3) is 4.63. The summed E-state index contributed by atoms with van der Waals surface area (Å²) in [4.78, 5) is 17.9. The molecule has 1 saturated heterocycles. The van der Waals surface area contributed by atoms with Crippen LogP contribution in [0.5, 0.6) is 0 Å². The largest absolute Gasteiger partial charge is 0.351 e. The first-order valence-electron chi connectivity index (χ1n) is 8.66. The van der Waals surface area contributed by atoms with Crippen molar-refractivity contribution in [1.82, 2.24) is 20.4 Å². The van der Waals surface area contributed by atoms with Gasteiger partial charge in [0.15, 0.2) is 5.82 Å². The van der Waals surface area contributed by atoms with E-state index in [1.54, 1.807) is 6.07 Å². The summed E-state index contributed by atoms with van der Waals surface area (Å²) in [6, 6.07) is 6.98. The van der Waals surface area contributed by atoms with Crippen molar-refractivity contribution < 1.29 is 13.7 Å². The third-order valence-electron chi connectivity index (χ3n) is 4.64. The molecule has 0 aliphatic carbocycles. The van der Waals surface area contributed by atoms with E-state index in [9.17, 15) is 9.18 Å². The Morgan fingerprint density at radius 3 is 3.08 bits per heavy atom. The highest BCUT2D eigenvalue weighted by atomic mass is 19.1. The molecule has 25 heavy (non-hydrogen) atoms. The van der Waals surface area contributed by atoms with Gasteiger partial charge in [-0.3, -0.25) is 9.69 Å². The Balaban J connectivity index is 1.52. The lowest BCUT2D eigenvalue weighted by atomic mass is 9.91. The van der Waals surface area contributed by atoms with Gasteiger partial charge in [-0.15, -0.1) is 0 Å². The van der Waals surface area contributed by atoms with Crippen molar-refractivity contribution >= 4 is 5.91 Å². The standard InChI is InChI=1S/C18H23FN4O2/c1-20-17(24)18-21-16(22-25-18)12-23-10-4-5-13(11-23)8-9-14-6-2-3-7-15(14)19/h2-3,6-7,13H,4-5,8-12H2,1H3,(H,20,24)/t13-/m0/s1. The number of halogens is 1. The third-order valence-corrected chi connectivity index (χ3v) is 4.64. The van der Waals surface area contributed by atoms with Crippen molar-refractivity contribution in [1.29, 1.82) is 0 Å². The molecule has 1 aliphatic heterocycles. The molecule has 1 aromatic heterocycles. The average molecular weight is 346 g/mol. The van der Waals surface area contributed by atoms with Crippen LogP contribution in [0, 0.1) is 11.7 Å².